The topological polar surface area (TPSA) is 62.6 Å². The summed E-state index contributed by atoms with van der Waals surface area (Å²) >= 11 is 6.27. The maximum absolute atomic E-state index is 12.3. The minimum atomic E-state index is -0.530. The third-order valence-electron chi connectivity index (χ3n) is 3.09. The fourth-order valence-corrected chi connectivity index (χ4v) is 3.08. The van der Waals surface area contributed by atoms with E-state index in [2.05, 4.69) is 5.43 Å². The van der Waals surface area contributed by atoms with E-state index in [0.29, 0.717) is 4.91 Å². The van der Waals surface area contributed by atoms with Crippen LogP contribution in [0, 0.1) is 0 Å². The highest BCUT2D eigenvalue weighted by Crippen LogP contribution is 2.29. The monoisotopic (exact) mass is 356 g/mol. The summed E-state index contributed by atoms with van der Waals surface area (Å²) in [6, 6.07) is 12.8. The van der Waals surface area contributed by atoms with Crippen LogP contribution in [0.3, 0.4) is 0 Å². The molecule has 0 saturated carbocycles. The van der Waals surface area contributed by atoms with Crippen molar-refractivity contribution in [1.82, 2.24) is 10.4 Å². The number of amides is 2. The lowest BCUT2D eigenvalue weighted by Crippen LogP contribution is -2.44. The Kier molecular flexibility index (Phi) is 4.93. The van der Waals surface area contributed by atoms with E-state index in [1.54, 1.807) is 18.2 Å². The van der Waals surface area contributed by atoms with Crippen LogP contribution in [0.5, 0.6) is 0 Å². The lowest BCUT2D eigenvalue weighted by Gasteiger charge is -2.14. The molecule has 2 aromatic rings. The molecule has 1 N–H and O–H groups in total. The van der Waals surface area contributed by atoms with Crippen molar-refractivity contribution in [3.8, 4) is 0 Å². The lowest BCUT2D eigenvalue weighted by molar-refractivity contribution is -0.123. The number of hydrogen-bond donors (Lipinski definition) is 1. The number of nitrogens with one attached hydrogen (secondary N) is 1. The molecule has 0 aliphatic carbocycles. The van der Waals surface area contributed by atoms with Crippen molar-refractivity contribution >= 4 is 46.2 Å². The van der Waals surface area contributed by atoms with E-state index in [-0.39, 0.29) is 16.0 Å². The fraction of sp³-hybridized carbons (Fsp3) is 0. The Hall–Kier alpha value is -2.64. The predicted molar refractivity (Wildman–Crippen MR) is 96.8 cm³/mol. The summed E-state index contributed by atoms with van der Waals surface area (Å²) in [6.07, 6.45) is 6.71. The average Bonchev–Trinajstić information content (AvgIpc) is 3.21. The van der Waals surface area contributed by atoms with Crippen molar-refractivity contribution in [1.29, 1.82) is 0 Å². The van der Waals surface area contributed by atoms with Crippen LogP contribution in [0.1, 0.15) is 16.1 Å². The van der Waals surface area contributed by atoms with Crippen LogP contribution in [-0.4, -0.2) is 21.1 Å². The van der Waals surface area contributed by atoms with Gasteiger partial charge in [-0.25, -0.2) is 0 Å². The maximum Gasteiger partial charge on any atom is 0.305 e. The summed E-state index contributed by atoms with van der Waals surface area (Å²) in [7, 11) is 0. The van der Waals surface area contributed by atoms with Gasteiger partial charge in [-0.2, -0.15) is 5.01 Å². The van der Waals surface area contributed by atoms with E-state index in [1.165, 1.54) is 12.3 Å². The molecule has 24 heavy (non-hydrogen) atoms. The molecule has 0 spiro atoms. The van der Waals surface area contributed by atoms with E-state index in [0.717, 1.165) is 22.3 Å². The quantitative estimate of drug-likeness (QED) is 0.672. The number of carbonyl (C=O) groups is 2. The van der Waals surface area contributed by atoms with Crippen molar-refractivity contribution in [3.63, 3.8) is 0 Å². The molecule has 5 nitrogen and oxygen atoms in total. The number of thioether (sulfide) groups is 1. The van der Waals surface area contributed by atoms with Gasteiger partial charge in [0.25, 0.3) is 5.91 Å². The van der Waals surface area contributed by atoms with Gasteiger partial charge in [-0.3, -0.25) is 15.0 Å². The Morgan fingerprint density at radius 2 is 2.00 bits per heavy atom. The Labute approximate surface area is 148 Å². The Balaban J connectivity index is 1.68. The predicted octanol–water partition coefficient (Wildman–Crippen LogP) is 3.38. The van der Waals surface area contributed by atoms with Gasteiger partial charge in [0.1, 0.15) is 0 Å². The molecule has 1 aromatic carbocycles. The van der Waals surface area contributed by atoms with E-state index in [9.17, 15) is 9.59 Å². The second kappa shape index (κ2) is 7.29. The molecular formula is C17H12N2O3S2. The minimum Gasteiger partial charge on any atom is -0.459 e. The summed E-state index contributed by atoms with van der Waals surface area (Å²) in [6.45, 7) is 0. The molecule has 1 aliphatic rings. The zero-order valence-electron chi connectivity index (χ0n) is 12.3. The molecule has 120 valence electrons. The number of nitrogens with zero attached hydrogens (tertiary/aromatic N) is 1. The maximum atomic E-state index is 12.3. The van der Waals surface area contributed by atoms with Crippen LogP contribution in [0.25, 0.3) is 6.08 Å². The van der Waals surface area contributed by atoms with E-state index in [4.69, 9.17) is 16.6 Å². The van der Waals surface area contributed by atoms with Crippen molar-refractivity contribution in [3.05, 3.63) is 77.1 Å². The highest BCUT2D eigenvalue weighted by Gasteiger charge is 2.33. The van der Waals surface area contributed by atoms with Crippen molar-refractivity contribution in [2.45, 2.75) is 0 Å². The highest BCUT2D eigenvalue weighted by molar-refractivity contribution is 8.26. The number of carbonyl (C=O) groups excluding carboxylic acids is 2. The highest BCUT2D eigenvalue weighted by atomic mass is 32.2. The standard InChI is InChI=1S/C17H12N2O3S2/c20-15(13-9-5-11-22-13)18-19-16(21)14(24-17(19)23)10-4-8-12-6-2-1-3-7-12/h1-11H,(H,18,20)/b8-4+,14-10-. The first kappa shape index (κ1) is 16.2. The van der Waals surface area contributed by atoms with Gasteiger partial charge < -0.3 is 4.42 Å². The zero-order valence-corrected chi connectivity index (χ0v) is 14.0. The molecule has 1 saturated heterocycles. The average molecular weight is 356 g/mol. The normalized spacial score (nSPS) is 16.3. The smallest absolute Gasteiger partial charge is 0.305 e. The van der Waals surface area contributed by atoms with E-state index >= 15 is 0 Å². The molecule has 7 heteroatoms. The van der Waals surface area contributed by atoms with Crippen LogP contribution in [-0.2, 0) is 4.79 Å². The third kappa shape index (κ3) is 3.64. The number of hydrazine groups is 1. The molecule has 0 unspecified atom stereocenters. The zero-order chi connectivity index (χ0) is 16.9. The van der Waals surface area contributed by atoms with Crippen LogP contribution in [0.2, 0.25) is 0 Å². The van der Waals surface area contributed by atoms with Gasteiger partial charge in [-0.15, -0.1) is 0 Å². The number of furan rings is 1. The molecule has 0 bridgehead atoms. The van der Waals surface area contributed by atoms with Gasteiger partial charge in [-0.05, 0) is 36.0 Å². The first-order valence-corrected chi connectivity index (χ1v) is 8.22. The van der Waals surface area contributed by atoms with Gasteiger partial charge in [0.2, 0.25) is 0 Å². The molecule has 1 aliphatic heterocycles. The van der Waals surface area contributed by atoms with Crippen LogP contribution in [0.4, 0.5) is 0 Å². The summed E-state index contributed by atoms with van der Waals surface area (Å²) in [5, 5.41) is 1.05. The molecular weight excluding hydrogens is 344 g/mol. The van der Waals surface area contributed by atoms with Gasteiger partial charge in [-0.1, -0.05) is 54.2 Å². The summed E-state index contributed by atoms with van der Waals surface area (Å²) in [4.78, 5) is 24.7. The molecule has 1 fully saturated rings. The number of benzene rings is 1. The molecule has 0 radical (unpaired) electrons. The Morgan fingerprint density at radius 3 is 2.71 bits per heavy atom. The second-order valence-electron chi connectivity index (χ2n) is 4.73. The Morgan fingerprint density at radius 1 is 1.21 bits per heavy atom. The largest absolute Gasteiger partial charge is 0.459 e. The third-order valence-corrected chi connectivity index (χ3v) is 4.41. The lowest BCUT2D eigenvalue weighted by atomic mass is 10.2. The number of thiocarbonyl (C=S) groups is 1. The molecule has 3 rings (SSSR count). The van der Waals surface area contributed by atoms with E-state index in [1.807, 2.05) is 36.4 Å². The summed E-state index contributed by atoms with van der Waals surface area (Å²) < 4.78 is 5.25. The van der Waals surface area contributed by atoms with Crippen LogP contribution in [0.15, 0.2) is 70.2 Å². The molecule has 1 aromatic heterocycles. The number of hydrogen-bond acceptors (Lipinski definition) is 5. The number of rotatable bonds is 4. The SMILES string of the molecule is O=C(NN1C(=O)/C(=C/C=C/c2ccccc2)SC1=S)c1ccco1. The Bertz CT molecular complexity index is 827. The van der Waals surface area contributed by atoms with Gasteiger partial charge >= 0.3 is 5.91 Å². The number of allylic oxidation sites excluding steroid dienone is 2. The molecule has 0 atom stereocenters. The fourth-order valence-electron chi connectivity index (χ4n) is 1.95. The summed E-state index contributed by atoms with van der Waals surface area (Å²) in [5.41, 5.74) is 3.47. The van der Waals surface area contributed by atoms with Crippen LogP contribution >= 0.6 is 24.0 Å². The summed E-state index contributed by atoms with van der Waals surface area (Å²) in [5.74, 6) is -0.794. The first-order chi connectivity index (χ1) is 11.6. The second-order valence-corrected chi connectivity index (χ2v) is 6.40. The van der Waals surface area contributed by atoms with Crippen LogP contribution < -0.4 is 5.43 Å². The van der Waals surface area contributed by atoms with E-state index < -0.39 is 5.91 Å². The van der Waals surface area contributed by atoms with Crippen molar-refractivity contribution < 1.29 is 14.0 Å². The van der Waals surface area contributed by atoms with Gasteiger partial charge in [0.05, 0.1) is 11.2 Å². The van der Waals surface area contributed by atoms with Gasteiger partial charge in [0, 0.05) is 0 Å². The van der Waals surface area contributed by atoms with Crippen molar-refractivity contribution in [2.75, 3.05) is 0 Å². The minimum absolute atomic E-state index is 0.108. The molecule has 2 amide bonds. The molecule has 2 heterocycles. The van der Waals surface area contributed by atoms with Gasteiger partial charge in [0.15, 0.2) is 10.1 Å². The first-order valence-electron chi connectivity index (χ1n) is 6.99. The van der Waals surface area contributed by atoms with Crippen molar-refractivity contribution in [2.24, 2.45) is 0 Å².